The molecule has 6 nitrogen and oxygen atoms in total. The first-order valence-corrected chi connectivity index (χ1v) is 13.1. The molecule has 0 bridgehead atoms. The summed E-state index contributed by atoms with van der Waals surface area (Å²) < 4.78 is 5.77. The zero-order chi connectivity index (χ0) is 26.4. The van der Waals surface area contributed by atoms with Crippen LogP contribution in [0.2, 0.25) is 0 Å². The normalized spacial score (nSPS) is 17.4. The van der Waals surface area contributed by atoms with Gasteiger partial charge >= 0.3 is 0 Å². The van der Waals surface area contributed by atoms with Crippen LogP contribution in [0.5, 0.6) is 5.75 Å². The smallest absolute Gasteiger partial charge is 0.295 e. The molecule has 2 aromatic carbocycles. The molecule has 2 aromatic rings. The third-order valence-electron chi connectivity index (χ3n) is 6.92. The summed E-state index contributed by atoms with van der Waals surface area (Å²) in [6.07, 6.45) is 0.897. The summed E-state index contributed by atoms with van der Waals surface area (Å²) in [5.74, 6) is -0.254. The first-order valence-electron chi connectivity index (χ1n) is 13.1. The maximum absolute atomic E-state index is 13.3. The fourth-order valence-corrected chi connectivity index (χ4v) is 4.64. The monoisotopic (exact) mass is 492 g/mol. The fourth-order valence-electron chi connectivity index (χ4n) is 4.64. The van der Waals surface area contributed by atoms with Crippen LogP contribution in [0, 0.1) is 6.92 Å². The average molecular weight is 493 g/mol. The predicted octanol–water partition coefficient (Wildman–Crippen LogP) is 5.67. The molecule has 1 atom stereocenters. The third-order valence-corrected chi connectivity index (χ3v) is 6.92. The van der Waals surface area contributed by atoms with E-state index in [1.54, 1.807) is 11.0 Å². The van der Waals surface area contributed by atoms with Crippen LogP contribution in [0.4, 0.5) is 0 Å². The van der Waals surface area contributed by atoms with Crippen LogP contribution in [0.25, 0.3) is 5.76 Å². The topological polar surface area (TPSA) is 70.1 Å². The van der Waals surface area contributed by atoms with Crippen molar-refractivity contribution >= 4 is 17.4 Å². The Hall–Kier alpha value is -3.12. The van der Waals surface area contributed by atoms with Gasteiger partial charge in [-0.05, 0) is 67.2 Å². The van der Waals surface area contributed by atoms with Gasteiger partial charge in [0.1, 0.15) is 11.5 Å². The molecule has 0 spiro atoms. The van der Waals surface area contributed by atoms with Crippen molar-refractivity contribution in [3.63, 3.8) is 0 Å². The number of hydrogen-bond acceptors (Lipinski definition) is 5. The van der Waals surface area contributed by atoms with E-state index in [1.165, 1.54) is 5.56 Å². The standard InChI is InChI=1S/C30H40N2O4/c1-7-18-36-25-15-14-24(19-21(25)6)28(33)26-27(23-12-10-22(11-13-23)20(4)5)32(30(35)29(26)34)17-16-31(8-2)9-3/h10-15,19-20,27,33H,7-9,16-18H2,1-6H3/t27-/m1/s1. The number of ketones is 1. The lowest BCUT2D eigenvalue weighted by Gasteiger charge is -2.28. The van der Waals surface area contributed by atoms with Gasteiger partial charge < -0.3 is 19.6 Å². The van der Waals surface area contributed by atoms with Gasteiger partial charge in [-0.3, -0.25) is 9.59 Å². The second-order valence-corrected chi connectivity index (χ2v) is 9.67. The van der Waals surface area contributed by atoms with Gasteiger partial charge in [0.05, 0.1) is 18.2 Å². The van der Waals surface area contributed by atoms with Crippen LogP contribution in [0.1, 0.15) is 75.3 Å². The fraction of sp³-hybridized carbons (Fsp3) is 0.467. The van der Waals surface area contributed by atoms with Crippen molar-refractivity contribution in [3.8, 4) is 5.75 Å². The SMILES string of the molecule is CCCOc1ccc(C(O)=C2C(=O)C(=O)N(CCN(CC)CC)[C@@H]2c2ccc(C(C)C)cc2)cc1C. The summed E-state index contributed by atoms with van der Waals surface area (Å²) in [5, 5.41) is 11.4. The Morgan fingerprint density at radius 2 is 1.72 bits per heavy atom. The number of aryl methyl sites for hydroxylation is 1. The molecule has 36 heavy (non-hydrogen) atoms. The molecule has 194 valence electrons. The van der Waals surface area contributed by atoms with Gasteiger partial charge in [0.25, 0.3) is 11.7 Å². The highest BCUT2D eigenvalue weighted by molar-refractivity contribution is 6.46. The lowest BCUT2D eigenvalue weighted by Crippen LogP contribution is -2.38. The first kappa shape index (κ1) is 27.5. The van der Waals surface area contributed by atoms with E-state index in [-0.39, 0.29) is 11.3 Å². The molecule has 1 aliphatic heterocycles. The number of benzene rings is 2. The van der Waals surface area contributed by atoms with E-state index in [1.807, 2.05) is 50.2 Å². The number of amides is 1. The minimum atomic E-state index is -0.644. The van der Waals surface area contributed by atoms with Gasteiger partial charge in [-0.1, -0.05) is 58.9 Å². The van der Waals surface area contributed by atoms with Gasteiger partial charge in [-0.2, -0.15) is 0 Å². The highest BCUT2D eigenvalue weighted by atomic mass is 16.5. The number of carbonyl (C=O) groups is 2. The molecule has 0 aromatic heterocycles. The first-order chi connectivity index (χ1) is 17.2. The number of aliphatic hydroxyl groups is 1. The quantitative estimate of drug-likeness (QED) is 0.249. The molecule has 6 heteroatoms. The number of aliphatic hydroxyl groups excluding tert-OH is 1. The Bertz CT molecular complexity index is 1100. The van der Waals surface area contributed by atoms with Crippen molar-refractivity contribution in [1.82, 2.24) is 9.80 Å². The molecule has 1 fully saturated rings. The van der Waals surface area contributed by atoms with Crippen molar-refractivity contribution in [2.75, 3.05) is 32.8 Å². The van der Waals surface area contributed by atoms with E-state index in [0.29, 0.717) is 31.2 Å². The number of rotatable bonds is 11. The highest BCUT2D eigenvalue weighted by Gasteiger charge is 2.46. The number of hydrogen-bond donors (Lipinski definition) is 1. The number of carbonyl (C=O) groups excluding carboxylic acids is 2. The molecule has 1 heterocycles. The molecule has 3 rings (SSSR count). The van der Waals surface area contributed by atoms with Gasteiger partial charge in [-0.25, -0.2) is 0 Å². The molecular formula is C30H40N2O4. The molecule has 1 aliphatic rings. The molecular weight excluding hydrogens is 452 g/mol. The van der Waals surface area contributed by atoms with Crippen LogP contribution >= 0.6 is 0 Å². The molecule has 0 saturated carbocycles. The zero-order valence-electron chi connectivity index (χ0n) is 22.5. The predicted molar refractivity (Wildman–Crippen MR) is 144 cm³/mol. The number of likely N-dealkylation sites (tertiary alicyclic amines) is 1. The Kier molecular flexibility index (Phi) is 9.32. The van der Waals surface area contributed by atoms with Crippen molar-refractivity contribution in [2.45, 2.75) is 59.9 Å². The summed E-state index contributed by atoms with van der Waals surface area (Å²) in [6.45, 7) is 15.8. The molecule has 1 N–H and O–H groups in total. The second-order valence-electron chi connectivity index (χ2n) is 9.67. The Balaban J connectivity index is 2.08. The molecule has 0 unspecified atom stereocenters. The molecule has 1 saturated heterocycles. The summed E-state index contributed by atoms with van der Waals surface area (Å²) in [4.78, 5) is 30.4. The van der Waals surface area contributed by atoms with Crippen molar-refractivity contribution in [2.24, 2.45) is 0 Å². The van der Waals surface area contributed by atoms with E-state index < -0.39 is 17.7 Å². The lowest BCUT2D eigenvalue weighted by atomic mass is 9.93. The lowest BCUT2D eigenvalue weighted by molar-refractivity contribution is -0.140. The summed E-state index contributed by atoms with van der Waals surface area (Å²) >= 11 is 0. The Labute approximate surface area is 215 Å². The van der Waals surface area contributed by atoms with Crippen molar-refractivity contribution < 1.29 is 19.4 Å². The number of ether oxygens (including phenoxy) is 1. The van der Waals surface area contributed by atoms with Crippen LogP contribution in [-0.4, -0.2) is 59.4 Å². The number of nitrogens with zero attached hydrogens (tertiary/aromatic N) is 2. The largest absolute Gasteiger partial charge is 0.507 e. The third kappa shape index (κ3) is 5.81. The minimum absolute atomic E-state index is 0.137. The van der Waals surface area contributed by atoms with E-state index in [2.05, 4.69) is 32.6 Å². The number of Topliss-reactive ketones (excluding diaryl/α,β-unsaturated/α-hetero) is 1. The summed E-state index contributed by atoms with van der Waals surface area (Å²) in [7, 11) is 0. The maximum Gasteiger partial charge on any atom is 0.295 e. The van der Waals surface area contributed by atoms with E-state index in [0.717, 1.165) is 36.4 Å². The number of likely N-dealkylation sites (N-methyl/N-ethyl adjacent to an activating group) is 1. The summed E-state index contributed by atoms with van der Waals surface area (Å²) in [6, 6.07) is 12.7. The highest BCUT2D eigenvalue weighted by Crippen LogP contribution is 2.40. The maximum atomic E-state index is 13.3. The van der Waals surface area contributed by atoms with E-state index in [9.17, 15) is 14.7 Å². The van der Waals surface area contributed by atoms with Gasteiger partial charge in [0, 0.05) is 18.7 Å². The van der Waals surface area contributed by atoms with Gasteiger partial charge in [0.15, 0.2) is 0 Å². The van der Waals surface area contributed by atoms with Gasteiger partial charge in [0.2, 0.25) is 0 Å². The minimum Gasteiger partial charge on any atom is -0.507 e. The average Bonchev–Trinajstić information content (AvgIpc) is 3.13. The van der Waals surface area contributed by atoms with Crippen molar-refractivity contribution in [3.05, 3.63) is 70.3 Å². The zero-order valence-corrected chi connectivity index (χ0v) is 22.5. The van der Waals surface area contributed by atoms with Crippen LogP contribution in [0.15, 0.2) is 48.0 Å². The molecule has 0 radical (unpaired) electrons. The summed E-state index contributed by atoms with van der Waals surface area (Å²) in [5.41, 5.74) is 3.50. The van der Waals surface area contributed by atoms with Crippen molar-refractivity contribution in [1.29, 1.82) is 0 Å². The second kappa shape index (κ2) is 12.2. The Morgan fingerprint density at radius 3 is 2.28 bits per heavy atom. The van der Waals surface area contributed by atoms with Crippen LogP contribution < -0.4 is 4.74 Å². The van der Waals surface area contributed by atoms with E-state index >= 15 is 0 Å². The van der Waals surface area contributed by atoms with E-state index in [4.69, 9.17) is 4.74 Å². The Morgan fingerprint density at radius 1 is 1.06 bits per heavy atom. The van der Waals surface area contributed by atoms with Gasteiger partial charge in [-0.15, -0.1) is 0 Å². The molecule has 1 amide bonds. The van der Waals surface area contributed by atoms with Crippen LogP contribution in [0.3, 0.4) is 0 Å². The van der Waals surface area contributed by atoms with Crippen LogP contribution in [-0.2, 0) is 9.59 Å². The molecule has 0 aliphatic carbocycles.